The topological polar surface area (TPSA) is 43.4 Å². The van der Waals surface area contributed by atoms with Crippen molar-refractivity contribution in [2.45, 2.75) is 19.8 Å². The van der Waals surface area contributed by atoms with Gasteiger partial charge in [0.1, 0.15) is 5.41 Å². The van der Waals surface area contributed by atoms with E-state index in [2.05, 4.69) is 22.5 Å². The van der Waals surface area contributed by atoms with Crippen LogP contribution >= 0.6 is 15.9 Å². The number of rotatable bonds is 7. The lowest BCUT2D eigenvalue weighted by atomic mass is 9.69. The van der Waals surface area contributed by atoms with E-state index in [-0.39, 0.29) is 12.4 Å². The Bertz CT molecular complexity index is 752. The van der Waals surface area contributed by atoms with E-state index < -0.39 is 17.3 Å². The molecule has 0 radical (unpaired) electrons. The average molecular weight is 401 g/mol. The van der Waals surface area contributed by atoms with Crippen LogP contribution in [0.25, 0.3) is 0 Å². The minimum absolute atomic E-state index is 0.209. The Morgan fingerprint density at radius 1 is 1.16 bits per heavy atom. The molecule has 130 valence electrons. The third-order valence-corrected chi connectivity index (χ3v) is 4.82. The van der Waals surface area contributed by atoms with E-state index >= 15 is 0 Å². The summed E-state index contributed by atoms with van der Waals surface area (Å²) < 4.78 is 6.18. The van der Waals surface area contributed by atoms with Crippen LogP contribution in [0.1, 0.15) is 35.7 Å². The Morgan fingerprint density at radius 2 is 1.76 bits per heavy atom. The summed E-state index contributed by atoms with van der Waals surface area (Å²) in [6.45, 7) is 7.45. The number of carbonyl (C=O) groups is 2. The van der Waals surface area contributed by atoms with E-state index in [0.29, 0.717) is 5.56 Å². The molecule has 2 rings (SSSR count). The number of ketones is 1. The number of allylic oxidation sites excluding steroid dienone is 1. The van der Waals surface area contributed by atoms with Gasteiger partial charge >= 0.3 is 5.97 Å². The highest BCUT2D eigenvalue weighted by Gasteiger charge is 2.48. The second-order valence-electron chi connectivity index (χ2n) is 5.88. The maximum Gasteiger partial charge on any atom is 0.320 e. The monoisotopic (exact) mass is 400 g/mol. The molecule has 0 bridgehead atoms. The van der Waals surface area contributed by atoms with Crippen LogP contribution in [0.5, 0.6) is 0 Å². The fourth-order valence-corrected chi connectivity index (χ4v) is 3.17. The smallest absolute Gasteiger partial charge is 0.320 e. The van der Waals surface area contributed by atoms with Crippen LogP contribution in [0, 0.1) is 5.41 Å². The van der Waals surface area contributed by atoms with Gasteiger partial charge in [-0.3, -0.25) is 9.59 Å². The van der Waals surface area contributed by atoms with Crippen molar-refractivity contribution < 1.29 is 14.3 Å². The van der Waals surface area contributed by atoms with Crippen molar-refractivity contribution >= 4 is 27.7 Å². The standard InChI is InChI=1S/C21H21BrO3/c1-4-18(15-11-13-17(22)14-12-15)21(3,20(24)25-5-2)19(23)16-9-7-6-8-10-16/h4,6-14,18H,1,5H2,2-3H3/t18-,21+/m0/s1. The summed E-state index contributed by atoms with van der Waals surface area (Å²) in [5.41, 5.74) is -0.0903. The van der Waals surface area contributed by atoms with Gasteiger partial charge in [-0.1, -0.05) is 64.5 Å². The zero-order valence-corrected chi connectivity index (χ0v) is 16.0. The van der Waals surface area contributed by atoms with Gasteiger partial charge in [-0.05, 0) is 31.5 Å². The molecule has 0 fully saturated rings. The maximum atomic E-state index is 13.3. The highest BCUT2D eigenvalue weighted by molar-refractivity contribution is 9.10. The molecule has 0 spiro atoms. The third-order valence-electron chi connectivity index (χ3n) is 4.29. The first kappa shape index (κ1) is 19.1. The van der Waals surface area contributed by atoms with Crippen LogP contribution in [-0.4, -0.2) is 18.4 Å². The van der Waals surface area contributed by atoms with E-state index in [1.807, 2.05) is 30.3 Å². The maximum absolute atomic E-state index is 13.3. The van der Waals surface area contributed by atoms with Crippen molar-refractivity contribution in [1.29, 1.82) is 0 Å². The fraction of sp³-hybridized carbons (Fsp3) is 0.238. The third kappa shape index (κ3) is 3.90. The first-order chi connectivity index (χ1) is 11.9. The van der Waals surface area contributed by atoms with E-state index in [4.69, 9.17) is 4.74 Å². The first-order valence-electron chi connectivity index (χ1n) is 8.10. The summed E-state index contributed by atoms with van der Waals surface area (Å²) in [6.07, 6.45) is 1.64. The van der Waals surface area contributed by atoms with Crippen molar-refractivity contribution in [3.05, 3.63) is 82.9 Å². The lowest BCUT2D eigenvalue weighted by Gasteiger charge is -2.33. The molecule has 3 nitrogen and oxygen atoms in total. The molecule has 0 aliphatic rings. The van der Waals surface area contributed by atoms with Gasteiger partial charge in [0.05, 0.1) is 6.61 Å². The zero-order chi connectivity index (χ0) is 18.4. The number of hydrogen-bond acceptors (Lipinski definition) is 3. The SMILES string of the molecule is C=C[C@@H](c1ccc(Br)cc1)[C@@](C)(C(=O)OCC)C(=O)c1ccccc1. The second-order valence-corrected chi connectivity index (χ2v) is 6.80. The van der Waals surface area contributed by atoms with Crippen molar-refractivity contribution in [2.24, 2.45) is 5.41 Å². The van der Waals surface area contributed by atoms with Crippen LogP contribution in [-0.2, 0) is 9.53 Å². The lowest BCUT2D eigenvalue weighted by Crippen LogP contribution is -2.42. The molecule has 4 heteroatoms. The van der Waals surface area contributed by atoms with Gasteiger partial charge in [0, 0.05) is 16.0 Å². The van der Waals surface area contributed by atoms with Crippen LogP contribution in [0.4, 0.5) is 0 Å². The highest BCUT2D eigenvalue weighted by Crippen LogP contribution is 2.41. The molecular formula is C21H21BrO3. The van der Waals surface area contributed by atoms with Crippen LogP contribution in [0.3, 0.4) is 0 Å². The first-order valence-corrected chi connectivity index (χ1v) is 8.89. The quantitative estimate of drug-likeness (QED) is 0.278. The number of Topliss-reactive ketones (excluding diaryl/α,β-unsaturated/α-hetero) is 1. The van der Waals surface area contributed by atoms with E-state index in [1.54, 1.807) is 44.2 Å². The molecule has 0 unspecified atom stereocenters. The number of hydrogen-bond donors (Lipinski definition) is 0. The molecule has 0 N–H and O–H groups in total. The lowest BCUT2D eigenvalue weighted by molar-refractivity contribution is -0.152. The van der Waals surface area contributed by atoms with Crippen molar-refractivity contribution in [1.82, 2.24) is 0 Å². The Labute approximate surface area is 156 Å². The summed E-state index contributed by atoms with van der Waals surface area (Å²) in [5, 5.41) is 0. The van der Waals surface area contributed by atoms with Gasteiger partial charge < -0.3 is 4.74 Å². The highest BCUT2D eigenvalue weighted by atomic mass is 79.9. The molecule has 0 saturated heterocycles. The number of benzene rings is 2. The van der Waals surface area contributed by atoms with Crippen molar-refractivity contribution in [2.75, 3.05) is 6.61 Å². The number of ether oxygens (including phenoxy) is 1. The molecule has 0 aliphatic carbocycles. The van der Waals surface area contributed by atoms with Crippen LogP contribution < -0.4 is 0 Å². The Balaban J connectivity index is 2.57. The molecule has 0 amide bonds. The Hall–Kier alpha value is -2.20. The molecular weight excluding hydrogens is 380 g/mol. The Morgan fingerprint density at radius 3 is 2.28 bits per heavy atom. The van der Waals surface area contributed by atoms with Gasteiger partial charge in [0.25, 0.3) is 0 Å². The Kier molecular flexibility index (Phi) is 6.32. The summed E-state index contributed by atoms with van der Waals surface area (Å²) in [7, 11) is 0. The minimum atomic E-state index is -1.40. The summed E-state index contributed by atoms with van der Waals surface area (Å²) in [6, 6.07) is 16.3. The minimum Gasteiger partial charge on any atom is -0.465 e. The van der Waals surface area contributed by atoms with Gasteiger partial charge in [0.2, 0.25) is 0 Å². The molecule has 2 atom stereocenters. The van der Waals surface area contributed by atoms with Gasteiger partial charge in [-0.15, -0.1) is 6.58 Å². The number of esters is 1. The number of halogens is 1. The van der Waals surface area contributed by atoms with E-state index in [9.17, 15) is 9.59 Å². The second kappa shape index (κ2) is 8.26. The van der Waals surface area contributed by atoms with Gasteiger partial charge in [-0.25, -0.2) is 0 Å². The molecule has 0 aliphatic heterocycles. The van der Waals surface area contributed by atoms with Crippen LogP contribution in [0.15, 0.2) is 71.7 Å². The van der Waals surface area contributed by atoms with Crippen molar-refractivity contribution in [3.8, 4) is 0 Å². The van der Waals surface area contributed by atoms with Crippen LogP contribution in [0.2, 0.25) is 0 Å². The summed E-state index contributed by atoms with van der Waals surface area (Å²) in [5.74, 6) is -1.33. The zero-order valence-electron chi connectivity index (χ0n) is 14.4. The molecule has 0 aromatic heterocycles. The van der Waals surface area contributed by atoms with E-state index in [1.165, 1.54) is 0 Å². The van der Waals surface area contributed by atoms with Crippen molar-refractivity contribution in [3.63, 3.8) is 0 Å². The molecule has 0 heterocycles. The molecule has 2 aromatic carbocycles. The van der Waals surface area contributed by atoms with E-state index in [0.717, 1.165) is 10.0 Å². The molecule has 0 saturated carbocycles. The summed E-state index contributed by atoms with van der Waals surface area (Å²) >= 11 is 3.40. The molecule has 2 aromatic rings. The fourth-order valence-electron chi connectivity index (χ4n) is 2.91. The van der Waals surface area contributed by atoms with Gasteiger partial charge in [-0.2, -0.15) is 0 Å². The largest absolute Gasteiger partial charge is 0.465 e. The average Bonchev–Trinajstić information content (AvgIpc) is 2.64. The predicted molar refractivity (Wildman–Crippen MR) is 103 cm³/mol. The molecule has 25 heavy (non-hydrogen) atoms. The predicted octanol–water partition coefficient (Wildman–Crippen LogP) is 5.17. The normalized spacial score (nSPS) is 14.2. The number of carbonyl (C=O) groups excluding carboxylic acids is 2. The van der Waals surface area contributed by atoms with Gasteiger partial charge in [0.15, 0.2) is 5.78 Å². The summed E-state index contributed by atoms with van der Waals surface area (Å²) in [4.78, 5) is 26.1.